The lowest BCUT2D eigenvalue weighted by Gasteiger charge is -2.35. The molecular weight excluding hydrogens is 303 g/mol. The summed E-state index contributed by atoms with van der Waals surface area (Å²) in [5, 5.41) is 6.73. The molecule has 0 amide bonds. The smallest absolute Gasteiger partial charge is 0.191 e. The Morgan fingerprint density at radius 3 is 2.92 bits per heavy atom. The Labute approximate surface area is 145 Å². The second-order valence-electron chi connectivity index (χ2n) is 6.80. The van der Waals surface area contributed by atoms with Crippen LogP contribution in [0.3, 0.4) is 0 Å². The van der Waals surface area contributed by atoms with Crippen LogP contribution in [0.4, 0.5) is 4.39 Å². The first-order valence-electron chi connectivity index (χ1n) is 9.09. The van der Waals surface area contributed by atoms with Crippen molar-refractivity contribution in [3.05, 3.63) is 35.6 Å². The topological polar surface area (TPSA) is 39.7 Å². The quantitative estimate of drug-likeness (QED) is 0.620. The van der Waals surface area contributed by atoms with E-state index in [0.717, 1.165) is 31.2 Å². The number of likely N-dealkylation sites (tertiary alicyclic amines) is 1. The maximum atomic E-state index is 13.2. The summed E-state index contributed by atoms with van der Waals surface area (Å²) in [6, 6.07) is 7.23. The van der Waals surface area contributed by atoms with Crippen LogP contribution in [0.2, 0.25) is 0 Å². The Balaban J connectivity index is 1.87. The minimum atomic E-state index is -0.211. The fraction of sp³-hybridized carbons (Fsp3) is 0.632. The summed E-state index contributed by atoms with van der Waals surface area (Å²) in [7, 11) is 0. The van der Waals surface area contributed by atoms with E-state index in [4.69, 9.17) is 0 Å². The van der Waals surface area contributed by atoms with Crippen molar-refractivity contribution in [2.75, 3.05) is 26.2 Å². The van der Waals surface area contributed by atoms with Crippen molar-refractivity contribution < 1.29 is 4.39 Å². The van der Waals surface area contributed by atoms with Crippen LogP contribution >= 0.6 is 0 Å². The Morgan fingerprint density at radius 1 is 1.38 bits per heavy atom. The third kappa shape index (κ3) is 6.11. The largest absolute Gasteiger partial charge is 0.357 e. The van der Waals surface area contributed by atoms with Crippen LogP contribution in [-0.2, 0) is 6.54 Å². The molecule has 134 valence electrons. The van der Waals surface area contributed by atoms with Gasteiger partial charge in [-0.25, -0.2) is 9.38 Å². The molecule has 0 aromatic heterocycles. The normalized spacial score (nSPS) is 19.5. The van der Waals surface area contributed by atoms with Gasteiger partial charge in [-0.2, -0.15) is 0 Å². The molecule has 1 atom stereocenters. The molecule has 1 unspecified atom stereocenters. The Bertz CT molecular complexity index is 530. The average molecular weight is 334 g/mol. The molecule has 2 rings (SSSR count). The van der Waals surface area contributed by atoms with Crippen molar-refractivity contribution in [1.29, 1.82) is 0 Å². The van der Waals surface area contributed by atoms with E-state index >= 15 is 0 Å². The van der Waals surface area contributed by atoms with E-state index in [1.54, 1.807) is 6.07 Å². The predicted octanol–water partition coefficient (Wildman–Crippen LogP) is 3.00. The number of piperidine rings is 1. The summed E-state index contributed by atoms with van der Waals surface area (Å²) in [6.07, 6.45) is 2.53. The fourth-order valence-corrected chi connectivity index (χ4v) is 3.12. The van der Waals surface area contributed by atoms with Gasteiger partial charge < -0.3 is 15.5 Å². The van der Waals surface area contributed by atoms with Gasteiger partial charge in [-0.05, 0) is 63.8 Å². The maximum absolute atomic E-state index is 13.2. The first-order chi connectivity index (χ1) is 11.6. The van der Waals surface area contributed by atoms with Crippen LogP contribution < -0.4 is 10.6 Å². The van der Waals surface area contributed by atoms with Gasteiger partial charge in [-0.3, -0.25) is 0 Å². The van der Waals surface area contributed by atoms with Crippen molar-refractivity contribution in [1.82, 2.24) is 15.5 Å². The van der Waals surface area contributed by atoms with E-state index in [2.05, 4.69) is 41.3 Å². The molecule has 0 bridgehead atoms. The van der Waals surface area contributed by atoms with Gasteiger partial charge in [-0.1, -0.05) is 12.1 Å². The highest BCUT2D eigenvalue weighted by atomic mass is 19.1. The van der Waals surface area contributed by atoms with Gasteiger partial charge in [-0.15, -0.1) is 0 Å². The molecule has 1 aliphatic heterocycles. The molecule has 1 aliphatic rings. The Hall–Kier alpha value is -1.62. The minimum Gasteiger partial charge on any atom is -0.357 e. The SMILES string of the molecule is CCNC(=NCc1cccc(F)c1)NCC1CCCN(C(C)C)C1. The number of hydrogen-bond acceptors (Lipinski definition) is 2. The van der Waals surface area contributed by atoms with Crippen molar-refractivity contribution in [3.8, 4) is 0 Å². The molecule has 0 aliphatic carbocycles. The summed E-state index contributed by atoms with van der Waals surface area (Å²) in [6.45, 7) is 11.2. The number of nitrogens with one attached hydrogen (secondary N) is 2. The van der Waals surface area contributed by atoms with Gasteiger partial charge in [0.1, 0.15) is 5.82 Å². The van der Waals surface area contributed by atoms with Crippen LogP contribution in [0.15, 0.2) is 29.3 Å². The van der Waals surface area contributed by atoms with Gasteiger partial charge in [0.15, 0.2) is 5.96 Å². The lowest BCUT2D eigenvalue weighted by molar-refractivity contribution is 0.141. The summed E-state index contributed by atoms with van der Waals surface area (Å²) in [5.41, 5.74) is 0.885. The summed E-state index contributed by atoms with van der Waals surface area (Å²) in [5.74, 6) is 1.25. The van der Waals surface area contributed by atoms with Gasteiger partial charge in [0.05, 0.1) is 6.54 Å². The van der Waals surface area contributed by atoms with E-state index in [0.29, 0.717) is 18.5 Å². The molecule has 4 nitrogen and oxygen atoms in total. The second-order valence-corrected chi connectivity index (χ2v) is 6.80. The molecular formula is C19H31FN4. The van der Waals surface area contributed by atoms with Crippen LogP contribution in [0.25, 0.3) is 0 Å². The monoisotopic (exact) mass is 334 g/mol. The van der Waals surface area contributed by atoms with Crippen LogP contribution in [0, 0.1) is 11.7 Å². The van der Waals surface area contributed by atoms with E-state index < -0.39 is 0 Å². The van der Waals surface area contributed by atoms with Crippen LogP contribution in [0.1, 0.15) is 39.2 Å². The molecule has 1 aromatic rings. The molecule has 0 radical (unpaired) electrons. The molecule has 1 fully saturated rings. The van der Waals surface area contributed by atoms with E-state index in [1.165, 1.54) is 31.5 Å². The lowest BCUT2D eigenvalue weighted by Crippen LogP contribution is -2.46. The van der Waals surface area contributed by atoms with Gasteiger partial charge >= 0.3 is 0 Å². The highest BCUT2D eigenvalue weighted by Crippen LogP contribution is 2.17. The first-order valence-corrected chi connectivity index (χ1v) is 9.09. The number of aliphatic imine (C=N–C) groups is 1. The highest BCUT2D eigenvalue weighted by molar-refractivity contribution is 5.79. The van der Waals surface area contributed by atoms with Crippen molar-refractivity contribution in [3.63, 3.8) is 0 Å². The Kier molecular flexibility index (Phi) is 7.50. The van der Waals surface area contributed by atoms with Crippen LogP contribution in [-0.4, -0.2) is 43.1 Å². The third-order valence-electron chi connectivity index (χ3n) is 4.49. The zero-order valence-corrected chi connectivity index (χ0v) is 15.2. The molecule has 5 heteroatoms. The van der Waals surface area contributed by atoms with E-state index in [1.807, 2.05) is 6.07 Å². The number of guanidine groups is 1. The molecule has 1 saturated heterocycles. The molecule has 1 aromatic carbocycles. The van der Waals surface area contributed by atoms with Crippen molar-refractivity contribution in [2.24, 2.45) is 10.9 Å². The summed E-state index contributed by atoms with van der Waals surface area (Å²) in [4.78, 5) is 7.13. The predicted molar refractivity (Wildman–Crippen MR) is 98.7 cm³/mol. The zero-order chi connectivity index (χ0) is 17.4. The molecule has 2 N–H and O–H groups in total. The van der Waals surface area contributed by atoms with Crippen LogP contribution in [0.5, 0.6) is 0 Å². The molecule has 0 spiro atoms. The number of hydrogen-bond donors (Lipinski definition) is 2. The van der Waals surface area contributed by atoms with Gasteiger partial charge in [0.2, 0.25) is 0 Å². The average Bonchev–Trinajstić information content (AvgIpc) is 2.57. The molecule has 24 heavy (non-hydrogen) atoms. The van der Waals surface area contributed by atoms with Gasteiger partial charge in [0, 0.05) is 25.7 Å². The lowest BCUT2D eigenvalue weighted by atomic mass is 9.97. The highest BCUT2D eigenvalue weighted by Gasteiger charge is 2.21. The second kappa shape index (κ2) is 9.62. The number of rotatable bonds is 6. The van der Waals surface area contributed by atoms with Gasteiger partial charge in [0.25, 0.3) is 0 Å². The number of halogens is 1. The van der Waals surface area contributed by atoms with E-state index in [-0.39, 0.29) is 5.82 Å². The van der Waals surface area contributed by atoms with Crippen molar-refractivity contribution in [2.45, 2.75) is 46.2 Å². The standard InChI is InChI=1S/C19H31FN4/c1-4-21-19(22-12-16-7-5-9-18(20)11-16)23-13-17-8-6-10-24(14-17)15(2)3/h5,7,9,11,15,17H,4,6,8,10,12-14H2,1-3H3,(H2,21,22,23). The summed E-state index contributed by atoms with van der Waals surface area (Å²) >= 11 is 0. The molecule has 0 saturated carbocycles. The van der Waals surface area contributed by atoms with Crippen molar-refractivity contribution >= 4 is 5.96 Å². The minimum absolute atomic E-state index is 0.211. The van der Waals surface area contributed by atoms with E-state index in [9.17, 15) is 4.39 Å². The maximum Gasteiger partial charge on any atom is 0.191 e. The fourth-order valence-electron chi connectivity index (χ4n) is 3.12. The third-order valence-corrected chi connectivity index (χ3v) is 4.49. The Morgan fingerprint density at radius 2 is 2.21 bits per heavy atom. The zero-order valence-electron chi connectivity index (χ0n) is 15.2. The first kappa shape index (κ1) is 18.7. The molecule has 1 heterocycles. The summed E-state index contributed by atoms with van der Waals surface area (Å²) < 4.78 is 13.2. The number of nitrogens with zero attached hydrogens (tertiary/aromatic N) is 2. The number of benzene rings is 1.